The summed E-state index contributed by atoms with van der Waals surface area (Å²) in [5.41, 5.74) is 0.988. The molecule has 0 spiro atoms. The molecule has 1 saturated carbocycles. The first kappa shape index (κ1) is 20.0. The highest BCUT2D eigenvalue weighted by molar-refractivity contribution is 5.87. The average molecular weight is 406 g/mol. The summed E-state index contributed by atoms with van der Waals surface area (Å²) in [6.45, 7) is 4.39. The highest BCUT2D eigenvalue weighted by Gasteiger charge is 2.46. The number of fused-ring (bicyclic) bond motifs is 1. The minimum atomic E-state index is -0.300. The largest absolute Gasteiger partial charge is 0.486 e. The second kappa shape index (κ2) is 8.61. The predicted molar refractivity (Wildman–Crippen MR) is 113 cm³/mol. The molecular weight excluding hydrogens is 380 g/mol. The van der Waals surface area contributed by atoms with E-state index >= 15 is 0 Å². The molecule has 4 rings (SSSR count). The lowest BCUT2D eigenvalue weighted by Crippen LogP contribution is -2.58. The van der Waals surface area contributed by atoms with E-state index < -0.39 is 0 Å². The fraction of sp³-hybridized carbons (Fsp3) is 0.333. The summed E-state index contributed by atoms with van der Waals surface area (Å²) in [4.78, 5) is 24.2. The Morgan fingerprint density at radius 1 is 1.07 bits per heavy atom. The van der Waals surface area contributed by atoms with Gasteiger partial charge in [0.1, 0.15) is 12.7 Å². The quantitative estimate of drug-likeness (QED) is 0.694. The molecule has 1 fully saturated rings. The molecule has 2 aromatic carbocycles. The van der Waals surface area contributed by atoms with Crippen LogP contribution in [0.1, 0.15) is 24.8 Å². The lowest BCUT2D eigenvalue weighted by molar-refractivity contribution is -0.125. The van der Waals surface area contributed by atoms with Gasteiger partial charge in [0.2, 0.25) is 11.8 Å². The summed E-state index contributed by atoms with van der Waals surface area (Å²) >= 11 is 0. The Hall–Kier alpha value is -3.28. The van der Waals surface area contributed by atoms with Gasteiger partial charge in [-0.1, -0.05) is 49.0 Å². The van der Waals surface area contributed by atoms with Crippen molar-refractivity contribution < 1.29 is 19.1 Å². The van der Waals surface area contributed by atoms with Crippen molar-refractivity contribution in [3.63, 3.8) is 0 Å². The topological polar surface area (TPSA) is 76.7 Å². The molecule has 0 aromatic heterocycles. The third-order valence-corrected chi connectivity index (χ3v) is 5.79. The summed E-state index contributed by atoms with van der Waals surface area (Å²) < 4.78 is 11.6. The van der Waals surface area contributed by atoms with E-state index in [1.54, 1.807) is 0 Å². The van der Waals surface area contributed by atoms with Gasteiger partial charge in [-0.2, -0.15) is 0 Å². The van der Waals surface area contributed by atoms with E-state index in [-0.39, 0.29) is 35.8 Å². The minimum absolute atomic E-state index is 0.0511. The second-order valence-corrected chi connectivity index (χ2v) is 7.94. The molecule has 2 N–H and O–H groups in total. The standard InChI is InChI=1S/C24H26N2O4/c1-2-22(27)25-16-24(17-8-4-3-5-9-17)13-18(14-24)26-23(28)12-19-15-29-20-10-6-7-11-21(20)30-19/h2-11,18-19H,1,12-16H2,(H,25,27)(H,26,28). The van der Waals surface area contributed by atoms with Crippen molar-refractivity contribution in [2.45, 2.75) is 36.8 Å². The van der Waals surface area contributed by atoms with E-state index in [1.165, 1.54) is 11.6 Å². The first-order valence-electron chi connectivity index (χ1n) is 10.2. The van der Waals surface area contributed by atoms with Crippen molar-refractivity contribution in [2.75, 3.05) is 13.2 Å². The SMILES string of the molecule is C=CC(=O)NCC1(c2ccccc2)CC(NC(=O)CC2COc3ccccc3O2)C1. The molecule has 6 nitrogen and oxygen atoms in total. The van der Waals surface area contributed by atoms with Crippen molar-refractivity contribution in [1.29, 1.82) is 0 Å². The van der Waals surface area contributed by atoms with Crippen LogP contribution in [0.25, 0.3) is 0 Å². The molecule has 0 saturated heterocycles. The Morgan fingerprint density at radius 2 is 1.77 bits per heavy atom. The number of carbonyl (C=O) groups is 2. The number of para-hydroxylation sites is 2. The number of hydrogen-bond acceptors (Lipinski definition) is 4. The molecule has 0 bridgehead atoms. The average Bonchev–Trinajstić information content (AvgIpc) is 2.75. The molecule has 156 valence electrons. The molecule has 2 aromatic rings. The lowest BCUT2D eigenvalue weighted by Gasteiger charge is -2.48. The highest BCUT2D eigenvalue weighted by atomic mass is 16.6. The molecule has 2 aliphatic rings. The predicted octanol–water partition coefficient (Wildman–Crippen LogP) is 2.74. The monoisotopic (exact) mass is 406 g/mol. The maximum atomic E-state index is 12.6. The first-order valence-corrected chi connectivity index (χ1v) is 10.2. The Bertz CT molecular complexity index is 922. The molecule has 1 heterocycles. The minimum Gasteiger partial charge on any atom is -0.486 e. The van der Waals surface area contributed by atoms with Crippen molar-refractivity contribution >= 4 is 11.8 Å². The van der Waals surface area contributed by atoms with E-state index in [4.69, 9.17) is 9.47 Å². The molecule has 0 radical (unpaired) electrons. The number of ether oxygens (including phenoxy) is 2. The molecule has 2 amide bonds. The van der Waals surface area contributed by atoms with Crippen molar-refractivity contribution in [3.8, 4) is 11.5 Å². The summed E-state index contributed by atoms with van der Waals surface area (Å²) in [6.07, 6.45) is 2.76. The fourth-order valence-electron chi connectivity index (χ4n) is 4.24. The van der Waals surface area contributed by atoms with Crippen LogP contribution in [0.15, 0.2) is 67.3 Å². The molecular formula is C24H26N2O4. The van der Waals surface area contributed by atoms with Crippen molar-refractivity contribution in [1.82, 2.24) is 10.6 Å². The van der Waals surface area contributed by atoms with Crippen LogP contribution in [0.4, 0.5) is 0 Å². The van der Waals surface area contributed by atoms with E-state index in [0.717, 1.165) is 12.8 Å². The highest BCUT2D eigenvalue weighted by Crippen LogP contribution is 2.43. The lowest BCUT2D eigenvalue weighted by atomic mass is 9.61. The van der Waals surface area contributed by atoms with Crippen LogP contribution in [0.3, 0.4) is 0 Å². The van der Waals surface area contributed by atoms with Gasteiger partial charge in [0.15, 0.2) is 11.5 Å². The fourth-order valence-corrected chi connectivity index (χ4v) is 4.24. The van der Waals surface area contributed by atoms with Crippen LogP contribution >= 0.6 is 0 Å². The normalized spacial score (nSPS) is 24.3. The van der Waals surface area contributed by atoms with Gasteiger partial charge in [0, 0.05) is 18.0 Å². The zero-order chi connectivity index (χ0) is 21.0. The van der Waals surface area contributed by atoms with Crippen molar-refractivity contribution in [2.24, 2.45) is 0 Å². The van der Waals surface area contributed by atoms with Crippen LogP contribution in [0, 0.1) is 0 Å². The van der Waals surface area contributed by atoms with Gasteiger partial charge in [-0.05, 0) is 36.6 Å². The Kier molecular flexibility index (Phi) is 5.74. The first-order chi connectivity index (χ1) is 14.6. The number of rotatable bonds is 7. The molecule has 30 heavy (non-hydrogen) atoms. The maximum absolute atomic E-state index is 12.6. The summed E-state index contributed by atoms with van der Waals surface area (Å²) in [5.74, 6) is 1.14. The van der Waals surface area contributed by atoms with Gasteiger partial charge in [0.25, 0.3) is 0 Å². The third-order valence-electron chi connectivity index (χ3n) is 5.79. The summed E-state index contributed by atoms with van der Waals surface area (Å²) in [7, 11) is 0. The molecule has 1 unspecified atom stereocenters. The number of benzene rings is 2. The van der Waals surface area contributed by atoms with Gasteiger partial charge in [0.05, 0.1) is 6.42 Å². The zero-order valence-corrected chi connectivity index (χ0v) is 16.8. The molecule has 1 aliphatic heterocycles. The Balaban J connectivity index is 1.32. The van der Waals surface area contributed by atoms with Gasteiger partial charge in [-0.25, -0.2) is 0 Å². The van der Waals surface area contributed by atoms with E-state index in [1.807, 2.05) is 42.5 Å². The third kappa shape index (κ3) is 4.32. The number of amides is 2. The smallest absolute Gasteiger partial charge is 0.243 e. The van der Waals surface area contributed by atoms with E-state index in [2.05, 4.69) is 29.3 Å². The van der Waals surface area contributed by atoms with Gasteiger partial charge >= 0.3 is 0 Å². The molecule has 6 heteroatoms. The molecule has 1 aliphatic carbocycles. The van der Waals surface area contributed by atoms with Crippen molar-refractivity contribution in [3.05, 3.63) is 72.8 Å². The molecule has 1 atom stereocenters. The number of nitrogens with one attached hydrogen (secondary N) is 2. The van der Waals surface area contributed by atoms with Gasteiger partial charge in [-0.3, -0.25) is 9.59 Å². The Morgan fingerprint density at radius 3 is 2.50 bits per heavy atom. The van der Waals surface area contributed by atoms with E-state index in [9.17, 15) is 9.59 Å². The van der Waals surface area contributed by atoms with Crippen LogP contribution in [-0.2, 0) is 15.0 Å². The Labute approximate surface area is 176 Å². The summed E-state index contributed by atoms with van der Waals surface area (Å²) in [6, 6.07) is 17.6. The number of hydrogen-bond donors (Lipinski definition) is 2. The van der Waals surface area contributed by atoms with E-state index in [0.29, 0.717) is 24.7 Å². The van der Waals surface area contributed by atoms with Gasteiger partial charge in [-0.15, -0.1) is 0 Å². The maximum Gasteiger partial charge on any atom is 0.243 e. The van der Waals surface area contributed by atoms with Crippen LogP contribution in [0.2, 0.25) is 0 Å². The van der Waals surface area contributed by atoms with Crippen LogP contribution in [-0.4, -0.2) is 37.1 Å². The van der Waals surface area contributed by atoms with Gasteiger partial charge < -0.3 is 20.1 Å². The van der Waals surface area contributed by atoms with Crippen LogP contribution in [0.5, 0.6) is 11.5 Å². The number of carbonyl (C=O) groups excluding carboxylic acids is 2. The second-order valence-electron chi connectivity index (χ2n) is 7.94. The van der Waals surface area contributed by atoms with Crippen LogP contribution < -0.4 is 20.1 Å². The summed E-state index contributed by atoms with van der Waals surface area (Å²) in [5, 5.41) is 6.02. The zero-order valence-electron chi connectivity index (χ0n) is 16.8.